The van der Waals surface area contributed by atoms with Crippen molar-refractivity contribution in [2.75, 3.05) is 39.1 Å². The van der Waals surface area contributed by atoms with E-state index in [1.807, 2.05) is 24.3 Å². The number of alkyl halides is 1. The minimum Gasteiger partial charge on any atom is -0.380 e. The lowest BCUT2D eigenvalue weighted by atomic mass is 10.0. The smallest absolute Gasteiger partial charge is 0.259 e. The average molecular weight is 484 g/mol. The Morgan fingerprint density at radius 1 is 1.29 bits per heavy atom. The molecule has 0 spiro atoms. The summed E-state index contributed by atoms with van der Waals surface area (Å²) in [4.78, 5) is 48.2. The van der Waals surface area contributed by atoms with Gasteiger partial charge in [-0.15, -0.1) is 0 Å². The fraction of sp³-hybridized carbons (Fsp3) is 0.440. The van der Waals surface area contributed by atoms with E-state index in [-0.39, 0.29) is 31.3 Å². The third-order valence-corrected chi connectivity index (χ3v) is 6.35. The number of allylic oxidation sites excluding steroid dienone is 2. The Hall–Kier alpha value is -3.37. The molecule has 3 amide bonds. The van der Waals surface area contributed by atoms with Crippen molar-refractivity contribution in [1.29, 1.82) is 0 Å². The van der Waals surface area contributed by atoms with Gasteiger partial charge < -0.3 is 20.2 Å². The number of nitrogens with zero attached hydrogens (tertiary/aromatic N) is 4. The number of nitrogens with one attached hydrogen (secondary N) is 1. The van der Waals surface area contributed by atoms with E-state index in [4.69, 9.17) is 0 Å². The van der Waals surface area contributed by atoms with E-state index < -0.39 is 36.2 Å². The number of anilines is 1. The lowest BCUT2D eigenvalue weighted by molar-refractivity contribution is -0.141. The van der Waals surface area contributed by atoms with Crippen LogP contribution in [0.4, 0.5) is 10.1 Å². The third kappa shape index (κ3) is 5.03. The number of amidine groups is 1. The van der Waals surface area contributed by atoms with Crippen LogP contribution in [0, 0.1) is 0 Å². The Morgan fingerprint density at radius 3 is 2.71 bits per heavy atom. The number of rotatable bonds is 6. The number of carbonyl (C=O) groups excluding carboxylic acids is 3. The summed E-state index contributed by atoms with van der Waals surface area (Å²) < 4.78 is 13.3. The van der Waals surface area contributed by atoms with Gasteiger partial charge in [0.1, 0.15) is 12.0 Å². The highest BCUT2D eigenvalue weighted by atomic mass is 19.1. The van der Waals surface area contributed by atoms with Crippen molar-refractivity contribution in [3.63, 3.8) is 0 Å². The number of para-hydroxylation sites is 1. The first-order chi connectivity index (χ1) is 16.7. The Morgan fingerprint density at radius 2 is 2.03 bits per heavy atom. The molecule has 10 heteroatoms. The van der Waals surface area contributed by atoms with Gasteiger partial charge in [0.05, 0.1) is 12.6 Å². The number of amides is 3. The number of fused-ring (bicyclic) bond motifs is 1. The van der Waals surface area contributed by atoms with E-state index in [9.17, 15) is 23.9 Å². The molecule has 0 aromatic heterocycles. The molecular formula is C25H30FN5O4. The van der Waals surface area contributed by atoms with Crippen LogP contribution in [-0.4, -0.2) is 97.1 Å². The Balaban J connectivity index is 1.61. The van der Waals surface area contributed by atoms with Crippen LogP contribution in [-0.2, 0) is 20.8 Å². The lowest BCUT2D eigenvalue weighted by Gasteiger charge is -2.36. The van der Waals surface area contributed by atoms with Crippen molar-refractivity contribution in [3.05, 3.63) is 53.6 Å². The molecular weight excluding hydrogens is 453 g/mol. The van der Waals surface area contributed by atoms with Gasteiger partial charge in [0.15, 0.2) is 12.1 Å². The minimum atomic E-state index is -1.65. The van der Waals surface area contributed by atoms with Crippen molar-refractivity contribution in [2.45, 2.75) is 37.2 Å². The first kappa shape index (κ1) is 24.7. The molecule has 0 bridgehead atoms. The molecule has 1 aromatic carbocycles. The highest BCUT2D eigenvalue weighted by Crippen LogP contribution is 2.34. The first-order valence-electron chi connectivity index (χ1n) is 11.5. The summed E-state index contributed by atoms with van der Waals surface area (Å²) in [6.45, 7) is 0.285. The maximum absolute atomic E-state index is 13.3. The minimum absolute atomic E-state index is 0.127. The topological polar surface area (TPSA) is 106 Å². The third-order valence-electron chi connectivity index (χ3n) is 6.35. The molecule has 4 rings (SSSR count). The van der Waals surface area contributed by atoms with Crippen LogP contribution in [0.2, 0.25) is 0 Å². The van der Waals surface area contributed by atoms with E-state index in [1.165, 1.54) is 18.0 Å². The standard InChI is InChI=1S/C25H30FN5O4/c1-29(2)14-20(32)31-18-7-5-4-6-16(18)12-19(31)23-28-21(22(33)25(35)30(23)3)24(34)27-13-15-8-10-17(26)11-9-15/h4-10,17,19,21-22,33H,11-14H2,1-3H3,(H,27,34). The van der Waals surface area contributed by atoms with E-state index in [0.717, 1.165) is 16.8 Å². The summed E-state index contributed by atoms with van der Waals surface area (Å²) in [6, 6.07) is 5.54. The number of benzene rings is 1. The zero-order valence-electron chi connectivity index (χ0n) is 20.0. The quantitative estimate of drug-likeness (QED) is 0.611. The summed E-state index contributed by atoms with van der Waals surface area (Å²) in [5, 5.41) is 13.2. The highest BCUT2D eigenvalue weighted by Gasteiger charge is 2.45. The van der Waals surface area contributed by atoms with Crippen LogP contribution in [0.5, 0.6) is 0 Å². The summed E-state index contributed by atoms with van der Waals surface area (Å²) in [7, 11) is 5.08. The summed E-state index contributed by atoms with van der Waals surface area (Å²) in [5.41, 5.74) is 2.40. The van der Waals surface area contributed by atoms with Gasteiger partial charge in [0.2, 0.25) is 11.8 Å². The van der Waals surface area contributed by atoms with Gasteiger partial charge in [-0.2, -0.15) is 0 Å². The molecule has 9 nitrogen and oxygen atoms in total. The predicted octanol–water partition coefficient (Wildman–Crippen LogP) is 0.447. The molecule has 4 unspecified atom stereocenters. The van der Waals surface area contributed by atoms with Gasteiger partial charge in [-0.25, -0.2) is 4.39 Å². The molecule has 0 saturated heterocycles. The normalized spacial score (nSPS) is 25.9. The Bertz CT molecular complexity index is 1110. The second kappa shape index (κ2) is 10.1. The van der Waals surface area contributed by atoms with Crippen molar-refractivity contribution in [3.8, 4) is 0 Å². The molecule has 0 radical (unpaired) electrons. The van der Waals surface area contributed by atoms with Crippen LogP contribution in [0.1, 0.15) is 12.0 Å². The van der Waals surface area contributed by atoms with Gasteiger partial charge in [0.25, 0.3) is 5.91 Å². The SMILES string of the molecule is CN(C)CC(=O)N1c2ccccc2CC1C1=NC(C(=O)NCC2=CCC(F)C=C2)C(O)C(=O)N1C. The Kier molecular flexibility index (Phi) is 7.13. The number of carbonyl (C=O) groups is 3. The second-order valence-corrected chi connectivity index (χ2v) is 9.23. The molecule has 35 heavy (non-hydrogen) atoms. The largest absolute Gasteiger partial charge is 0.380 e. The van der Waals surface area contributed by atoms with Crippen molar-refractivity contribution in [1.82, 2.24) is 15.1 Å². The molecule has 1 aromatic rings. The molecule has 3 aliphatic rings. The van der Waals surface area contributed by atoms with Gasteiger partial charge in [-0.3, -0.25) is 24.3 Å². The number of aliphatic hydroxyl groups excluding tert-OH is 1. The molecule has 0 saturated carbocycles. The van der Waals surface area contributed by atoms with Gasteiger partial charge in [-0.05, 0) is 31.3 Å². The van der Waals surface area contributed by atoms with Crippen LogP contribution in [0.15, 0.2) is 53.1 Å². The highest BCUT2D eigenvalue weighted by molar-refractivity contribution is 6.13. The summed E-state index contributed by atoms with van der Waals surface area (Å²) >= 11 is 0. The zero-order valence-corrected chi connectivity index (χ0v) is 20.0. The lowest BCUT2D eigenvalue weighted by Crippen LogP contribution is -2.60. The monoisotopic (exact) mass is 483 g/mol. The van der Waals surface area contributed by atoms with Gasteiger partial charge >= 0.3 is 0 Å². The number of likely N-dealkylation sites (N-methyl/N-ethyl adjacent to an activating group) is 2. The van der Waals surface area contributed by atoms with E-state index in [1.54, 1.807) is 36.0 Å². The van der Waals surface area contributed by atoms with Crippen molar-refractivity contribution >= 4 is 29.2 Å². The van der Waals surface area contributed by atoms with Crippen LogP contribution in [0.25, 0.3) is 0 Å². The van der Waals surface area contributed by atoms with E-state index in [0.29, 0.717) is 6.42 Å². The first-order valence-corrected chi connectivity index (χ1v) is 11.5. The fourth-order valence-electron chi connectivity index (χ4n) is 4.57. The molecule has 2 aliphatic heterocycles. The number of aliphatic imine (C=N–C) groups is 1. The molecule has 2 N–H and O–H groups in total. The van der Waals surface area contributed by atoms with Crippen LogP contribution >= 0.6 is 0 Å². The average Bonchev–Trinajstić information content (AvgIpc) is 3.21. The maximum atomic E-state index is 13.3. The van der Waals surface area contributed by atoms with Crippen LogP contribution in [0.3, 0.4) is 0 Å². The maximum Gasteiger partial charge on any atom is 0.259 e. The molecule has 4 atom stereocenters. The van der Waals surface area contributed by atoms with E-state index >= 15 is 0 Å². The predicted molar refractivity (Wildman–Crippen MR) is 130 cm³/mol. The van der Waals surface area contributed by atoms with Crippen LogP contribution < -0.4 is 10.2 Å². The Labute approximate surface area is 203 Å². The van der Waals surface area contributed by atoms with Crippen molar-refractivity contribution in [2.24, 2.45) is 4.99 Å². The number of hydrogen-bond acceptors (Lipinski definition) is 6. The molecule has 1 aliphatic carbocycles. The summed E-state index contributed by atoms with van der Waals surface area (Å²) in [5.74, 6) is -1.19. The van der Waals surface area contributed by atoms with Crippen molar-refractivity contribution < 1.29 is 23.9 Å². The molecule has 186 valence electrons. The van der Waals surface area contributed by atoms with E-state index in [2.05, 4.69) is 10.3 Å². The molecule has 2 heterocycles. The summed E-state index contributed by atoms with van der Waals surface area (Å²) in [6.07, 6.45) is 2.69. The van der Waals surface area contributed by atoms with Gasteiger partial charge in [-0.1, -0.05) is 36.4 Å². The zero-order chi connectivity index (χ0) is 25.3. The number of aliphatic hydroxyl groups is 1. The number of hydrogen-bond donors (Lipinski definition) is 2. The van der Waals surface area contributed by atoms with Gasteiger partial charge in [0, 0.05) is 32.1 Å². The second-order valence-electron chi connectivity index (χ2n) is 9.23. The fourth-order valence-corrected chi connectivity index (χ4v) is 4.57. The number of halogens is 1. The molecule has 0 fully saturated rings.